The Morgan fingerprint density at radius 1 is 1.35 bits per heavy atom. The molecule has 2 aromatic heterocycles. The lowest BCUT2D eigenvalue weighted by Crippen LogP contribution is -2.25. The summed E-state index contributed by atoms with van der Waals surface area (Å²) in [5.41, 5.74) is 3.68. The van der Waals surface area contributed by atoms with Gasteiger partial charge in [-0.1, -0.05) is 0 Å². The van der Waals surface area contributed by atoms with Gasteiger partial charge in [0.2, 0.25) is 0 Å². The maximum Gasteiger partial charge on any atom is 0.255 e. The number of aryl methyl sites for hydroxylation is 2. The summed E-state index contributed by atoms with van der Waals surface area (Å²) in [6, 6.07) is 3.76. The lowest BCUT2D eigenvalue weighted by molar-refractivity contribution is 0.0951. The van der Waals surface area contributed by atoms with E-state index in [2.05, 4.69) is 27.6 Å². The summed E-state index contributed by atoms with van der Waals surface area (Å²) in [4.78, 5) is 16.8. The van der Waals surface area contributed by atoms with Crippen molar-refractivity contribution in [3.63, 3.8) is 0 Å². The van der Waals surface area contributed by atoms with E-state index in [1.165, 1.54) is 0 Å². The number of pyridine rings is 1. The van der Waals surface area contributed by atoms with Gasteiger partial charge in [-0.05, 0) is 46.8 Å². The van der Waals surface area contributed by atoms with Crippen LogP contribution in [-0.2, 0) is 13.1 Å². The molecule has 0 aliphatic rings. The highest BCUT2D eigenvalue weighted by Crippen LogP contribution is 2.15. The van der Waals surface area contributed by atoms with E-state index < -0.39 is 0 Å². The summed E-state index contributed by atoms with van der Waals surface area (Å²) >= 11 is 0. The van der Waals surface area contributed by atoms with Crippen molar-refractivity contribution in [3.05, 3.63) is 40.8 Å². The average molecular weight is 315 g/mol. The molecule has 2 heterocycles. The van der Waals surface area contributed by atoms with Gasteiger partial charge in [0, 0.05) is 36.6 Å². The highest BCUT2D eigenvalue weighted by molar-refractivity contribution is 5.98. The number of carbonyl (C=O) groups is 1. The van der Waals surface area contributed by atoms with Gasteiger partial charge < -0.3 is 10.6 Å². The van der Waals surface area contributed by atoms with Gasteiger partial charge in [0.25, 0.3) is 5.91 Å². The quantitative estimate of drug-likeness (QED) is 0.859. The number of hydrogen-bond acceptors (Lipinski definition) is 4. The molecule has 0 atom stereocenters. The van der Waals surface area contributed by atoms with Crippen molar-refractivity contribution >= 4 is 11.7 Å². The SMILES string of the molecule is CCn1nc(C)c(CNC(=O)c2cccnc2NC(C)C)c1C. The van der Waals surface area contributed by atoms with E-state index in [-0.39, 0.29) is 11.9 Å². The first kappa shape index (κ1) is 17.0. The molecular weight excluding hydrogens is 290 g/mol. The third-order valence-corrected chi connectivity index (χ3v) is 3.73. The Morgan fingerprint density at radius 2 is 2.09 bits per heavy atom. The number of aromatic nitrogens is 3. The minimum absolute atomic E-state index is 0.135. The van der Waals surface area contributed by atoms with Gasteiger partial charge in [0.15, 0.2) is 0 Å². The fourth-order valence-electron chi connectivity index (χ4n) is 2.54. The molecule has 0 aliphatic carbocycles. The Labute approximate surface area is 137 Å². The Morgan fingerprint density at radius 3 is 2.70 bits per heavy atom. The van der Waals surface area contributed by atoms with Gasteiger partial charge in [-0.3, -0.25) is 9.48 Å². The first-order valence-electron chi connectivity index (χ1n) is 7.96. The summed E-state index contributed by atoms with van der Waals surface area (Å²) in [7, 11) is 0. The summed E-state index contributed by atoms with van der Waals surface area (Å²) < 4.78 is 1.95. The van der Waals surface area contributed by atoms with Crippen molar-refractivity contribution < 1.29 is 4.79 Å². The second-order valence-electron chi connectivity index (χ2n) is 5.85. The number of hydrogen-bond donors (Lipinski definition) is 2. The molecule has 0 fully saturated rings. The van der Waals surface area contributed by atoms with Crippen molar-refractivity contribution in [2.75, 3.05) is 5.32 Å². The first-order chi connectivity index (χ1) is 10.9. The molecule has 1 amide bonds. The fraction of sp³-hybridized carbons (Fsp3) is 0.471. The molecule has 2 N–H and O–H groups in total. The van der Waals surface area contributed by atoms with Crippen LogP contribution in [0, 0.1) is 13.8 Å². The van der Waals surface area contributed by atoms with Gasteiger partial charge in [0.1, 0.15) is 5.82 Å². The second kappa shape index (κ2) is 7.26. The predicted octanol–water partition coefficient (Wildman–Crippen LogP) is 2.67. The number of rotatable bonds is 6. The van der Waals surface area contributed by atoms with E-state index in [0.717, 1.165) is 23.5 Å². The van der Waals surface area contributed by atoms with Gasteiger partial charge in [-0.25, -0.2) is 4.98 Å². The van der Waals surface area contributed by atoms with Crippen LogP contribution < -0.4 is 10.6 Å². The van der Waals surface area contributed by atoms with E-state index in [9.17, 15) is 4.79 Å². The number of anilines is 1. The normalized spacial score (nSPS) is 10.9. The van der Waals surface area contributed by atoms with Crippen LogP contribution in [0.4, 0.5) is 5.82 Å². The van der Waals surface area contributed by atoms with Gasteiger partial charge in [0.05, 0.1) is 11.3 Å². The zero-order valence-corrected chi connectivity index (χ0v) is 14.5. The minimum atomic E-state index is -0.135. The molecule has 124 valence electrons. The molecule has 0 spiro atoms. The van der Waals surface area contributed by atoms with Crippen molar-refractivity contribution in [3.8, 4) is 0 Å². The number of amides is 1. The molecule has 0 saturated carbocycles. The molecule has 0 bridgehead atoms. The van der Waals surface area contributed by atoms with Crippen LogP contribution in [0.15, 0.2) is 18.3 Å². The first-order valence-corrected chi connectivity index (χ1v) is 7.96. The number of nitrogens with zero attached hydrogens (tertiary/aromatic N) is 3. The maximum atomic E-state index is 12.5. The van der Waals surface area contributed by atoms with Crippen molar-refractivity contribution in [1.29, 1.82) is 0 Å². The van der Waals surface area contributed by atoms with E-state index in [0.29, 0.717) is 17.9 Å². The highest BCUT2D eigenvalue weighted by atomic mass is 16.1. The Balaban J connectivity index is 2.13. The topological polar surface area (TPSA) is 71.8 Å². The molecule has 0 saturated heterocycles. The number of carbonyl (C=O) groups excluding carboxylic acids is 1. The van der Waals surface area contributed by atoms with E-state index in [1.807, 2.05) is 32.4 Å². The smallest absolute Gasteiger partial charge is 0.255 e. The zero-order chi connectivity index (χ0) is 17.0. The molecular formula is C17H25N5O. The van der Waals surface area contributed by atoms with Crippen LogP contribution in [0.1, 0.15) is 48.1 Å². The standard InChI is InChI=1S/C17H25N5O/c1-6-22-13(5)15(12(4)21-22)10-19-17(23)14-8-7-9-18-16(14)20-11(2)3/h7-9,11H,6,10H2,1-5H3,(H,18,20)(H,19,23). The van der Waals surface area contributed by atoms with Crippen LogP contribution in [0.2, 0.25) is 0 Å². The molecule has 0 unspecified atom stereocenters. The molecule has 0 aromatic carbocycles. The molecule has 23 heavy (non-hydrogen) atoms. The Kier molecular flexibility index (Phi) is 5.36. The molecule has 0 radical (unpaired) electrons. The van der Waals surface area contributed by atoms with Crippen molar-refractivity contribution in [1.82, 2.24) is 20.1 Å². The largest absolute Gasteiger partial charge is 0.367 e. The summed E-state index contributed by atoms with van der Waals surface area (Å²) in [6.07, 6.45) is 1.68. The monoisotopic (exact) mass is 315 g/mol. The third-order valence-electron chi connectivity index (χ3n) is 3.73. The fourth-order valence-corrected chi connectivity index (χ4v) is 2.54. The van der Waals surface area contributed by atoms with Crippen molar-refractivity contribution in [2.45, 2.75) is 53.8 Å². The summed E-state index contributed by atoms with van der Waals surface area (Å²) in [5.74, 6) is 0.474. The molecule has 2 rings (SSSR count). The second-order valence-corrected chi connectivity index (χ2v) is 5.85. The van der Waals surface area contributed by atoms with E-state index >= 15 is 0 Å². The molecule has 0 aliphatic heterocycles. The van der Waals surface area contributed by atoms with E-state index in [4.69, 9.17) is 0 Å². The third kappa shape index (κ3) is 3.88. The minimum Gasteiger partial charge on any atom is -0.367 e. The van der Waals surface area contributed by atoms with E-state index in [1.54, 1.807) is 18.3 Å². The lowest BCUT2D eigenvalue weighted by atomic mass is 10.2. The molecule has 6 heteroatoms. The van der Waals surface area contributed by atoms with Crippen LogP contribution in [0.25, 0.3) is 0 Å². The van der Waals surface area contributed by atoms with Crippen molar-refractivity contribution in [2.24, 2.45) is 0 Å². The Hall–Kier alpha value is -2.37. The summed E-state index contributed by atoms with van der Waals surface area (Å²) in [6.45, 7) is 11.4. The molecule has 2 aromatic rings. The maximum absolute atomic E-state index is 12.5. The molecule has 6 nitrogen and oxygen atoms in total. The number of nitrogens with one attached hydrogen (secondary N) is 2. The lowest BCUT2D eigenvalue weighted by Gasteiger charge is -2.13. The highest BCUT2D eigenvalue weighted by Gasteiger charge is 2.15. The van der Waals surface area contributed by atoms with Crippen LogP contribution in [0.3, 0.4) is 0 Å². The van der Waals surface area contributed by atoms with Gasteiger partial charge in [-0.15, -0.1) is 0 Å². The van der Waals surface area contributed by atoms with Crippen LogP contribution in [0.5, 0.6) is 0 Å². The Bertz CT molecular complexity index is 690. The van der Waals surface area contributed by atoms with Crippen LogP contribution >= 0.6 is 0 Å². The average Bonchev–Trinajstić information content (AvgIpc) is 2.79. The van der Waals surface area contributed by atoms with Gasteiger partial charge >= 0.3 is 0 Å². The zero-order valence-electron chi connectivity index (χ0n) is 14.5. The van der Waals surface area contributed by atoms with Crippen LogP contribution in [-0.4, -0.2) is 26.7 Å². The summed E-state index contributed by atoms with van der Waals surface area (Å²) in [5, 5.41) is 10.7. The predicted molar refractivity (Wildman–Crippen MR) is 91.5 cm³/mol. The van der Waals surface area contributed by atoms with Gasteiger partial charge in [-0.2, -0.15) is 5.10 Å².